The Bertz CT molecular complexity index is 535. The normalized spacial score (nSPS) is 25.4. The highest BCUT2D eigenvalue weighted by Gasteiger charge is 2.24. The maximum Gasteiger partial charge on any atom is 0.157 e. The minimum Gasteiger partial charge on any atom is -0.367 e. The number of hydrogen-bond acceptors (Lipinski definition) is 4. The number of fused-ring (bicyclic) bond motifs is 1. The van der Waals surface area contributed by atoms with E-state index in [-0.39, 0.29) is 0 Å². The molecule has 5 heteroatoms. The lowest BCUT2D eigenvalue weighted by Gasteiger charge is -2.35. The molecule has 1 saturated heterocycles. The van der Waals surface area contributed by atoms with Crippen molar-refractivity contribution in [1.82, 2.24) is 19.5 Å². The van der Waals surface area contributed by atoms with Crippen LogP contribution in [-0.4, -0.2) is 45.7 Å². The quantitative estimate of drug-likeness (QED) is 0.870. The van der Waals surface area contributed by atoms with Crippen molar-refractivity contribution in [2.24, 2.45) is 5.92 Å². The fraction of sp³-hybridized carbons (Fsp3) is 0.538. The van der Waals surface area contributed by atoms with Gasteiger partial charge in [0.05, 0.1) is 6.20 Å². The standard InChI is InChI=1S/C13H19N5/c1-10-9-17(2)7-4-11(10)15-12-5-8-18-13(16-12)3-6-14-18/h3,5-6,8,10-11H,4,7,9H2,1-2H3,(H,15,16). The molecule has 2 atom stereocenters. The Morgan fingerprint density at radius 2 is 2.28 bits per heavy atom. The van der Waals surface area contributed by atoms with Crippen molar-refractivity contribution in [1.29, 1.82) is 0 Å². The SMILES string of the molecule is CC1CN(C)CCC1Nc1ccn2nccc2n1. The van der Waals surface area contributed by atoms with Gasteiger partial charge < -0.3 is 10.2 Å². The molecule has 0 saturated carbocycles. The third-order valence-corrected chi connectivity index (χ3v) is 3.70. The van der Waals surface area contributed by atoms with E-state index in [9.17, 15) is 0 Å². The van der Waals surface area contributed by atoms with Crippen molar-refractivity contribution in [3.8, 4) is 0 Å². The van der Waals surface area contributed by atoms with E-state index < -0.39 is 0 Å². The molecule has 5 nitrogen and oxygen atoms in total. The van der Waals surface area contributed by atoms with Gasteiger partial charge in [0.15, 0.2) is 5.65 Å². The Morgan fingerprint density at radius 1 is 1.39 bits per heavy atom. The minimum atomic E-state index is 0.513. The molecule has 0 radical (unpaired) electrons. The summed E-state index contributed by atoms with van der Waals surface area (Å²) in [6.45, 7) is 4.59. The van der Waals surface area contributed by atoms with E-state index in [0.717, 1.165) is 24.6 Å². The van der Waals surface area contributed by atoms with Gasteiger partial charge in [0.25, 0.3) is 0 Å². The summed E-state index contributed by atoms with van der Waals surface area (Å²) >= 11 is 0. The summed E-state index contributed by atoms with van der Waals surface area (Å²) < 4.78 is 1.78. The second kappa shape index (κ2) is 4.57. The maximum atomic E-state index is 4.56. The molecule has 0 bridgehead atoms. The molecule has 18 heavy (non-hydrogen) atoms. The molecule has 0 aromatic carbocycles. The number of likely N-dealkylation sites (tertiary alicyclic amines) is 1. The third kappa shape index (κ3) is 2.18. The van der Waals surface area contributed by atoms with Crippen molar-refractivity contribution < 1.29 is 0 Å². The lowest BCUT2D eigenvalue weighted by atomic mass is 9.94. The molecule has 2 aromatic rings. The summed E-state index contributed by atoms with van der Waals surface area (Å²) in [6.07, 6.45) is 4.89. The number of anilines is 1. The highest BCUT2D eigenvalue weighted by Crippen LogP contribution is 2.19. The average Bonchev–Trinajstić information content (AvgIpc) is 2.80. The van der Waals surface area contributed by atoms with Crippen molar-refractivity contribution in [3.05, 3.63) is 24.5 Å². The molecule has 1 aliphatic rings. The molecule has 0 spiro atoms. The van der Waals surface area contributed by atoms with Gasteiger partial charge in [-0.1, -0.05) is 6.92 Å². The predicted octanol–water partition coefficient (Wildman–Crippen LogP) is 1.48. The fourth-order valence-corrected chi connectivity index (χ4v) is 2.65. The van der Waals surface area contributed by atoms with Crippen LogP contribution in [-0.2, 0) is 0 Å². The minimum absolute atomic E-state index is 0.513. The number of piperidine rings is 1. The van der Waals surface area contributed by atoms with Crippen LogP contribution in [0.1, 0.15) is 13.3 Å². The molecule has 1 N–H and O–H groups in total. The van der Waals surface area contributed by atoms with E-state index >= 15 is 0 Å². The highest BCUT2D eigenvalue weighted by molar-refractivity contribution is 5.46. The molecule has 0 aliphatic carbocycles. The molecule has 3 rings (SSSR count). The number of hydrogen-bond donors (Lipinski definition) is 1. The van der Waals surface area contributed by atoms with Gasteiger partial charge in [-0.15, -0.1) is 0 Å². The highest BCUT2D eigenvalue weighted by atomic mass is 15.2. The number of rotatable bonds is 2. The maximum absolute atomic E-state index is 4.56. The Hall–Kier alpha value is -1.62. The van der Waals surface area contributed by atoms with Gasteiger partial charge in [0, 0.05) is 24.8 Å². The largest absolute Gasteiger partial charge is 0.367 e. The molecule has 3 heterocycles. The second-order valence-corrected chi connectivity index (χ2v) is 5.23. The Labute approximate surface area is 107 Å². The van der Waals surface area contributed by atoms with E-state index in [2.05, 4.69) is 34.3 Å². The predicted molar refractivity (Wildman–Crippen MR) is 71.7 cm³/mol. The summed E-state index contributed by atoms with van der Waals surface area (Å²) in [4.78, 5) is 6.94. The van der Waals surface area contributed by atoms with Gasteiger partial charge in [-0.3, -0.25) is 0 Å². The van der Waals surface area contributed by atoms with Crippen LogP contribution in [0.5, 0.6) is 0 Å². The van der Waals surface area contributed by atoms with Crippen LogP contribution in [0.25, 0.3) is 5.65 Å². The van der Waals surface area contributed by atoms with Crippen LogP contribution in [0.2, 0.25) is 0 Å². The monoisotopic (exact) mass is 245 g/mol. The topological polar surface area (TPSA) is 45.5 Å². The third-order valence-electron chi connectivity index (χ3n) is 3.70. The average molecular weight is 245 g/mol. The fourth-order valence-electron chi connectivity index (χ4n) is 2.65. The molecule has 2 aromatic heterocycles. The van der Waals surface area contributed by atoms with E-state index in [1.807, 2.05) is 18.3 Å². The smallest absolute Gasteiger partial charge is 0.157 e. The number of nitrogens with one attached hydrogen (secondary N) is 1. The van der Waals surface area contributed by atoms with E-state index in [0.29, 0.717) is 12.0 Å². The first kappa shape index (κ1) is 11.5. The van der Waals surface area contributed by atoms with E-state index in [1.165, 1.54) is 6.42 Å². The van der Waals surface area contributed by atoms with Crippen molar-refractivity contribution in [3.63, 3.8) is 0 Å². The zero-order chi connectivity index (χ0) is 12.5. The van der Waals surface area contributed by atoms with Gasteiger partial charge in [-0.2, -0.15) is 5.10 Å². The molecule has 1 fully saturated rings. The molecular formula is C13H19N5. The number of aromatic nitrogens is 3. The van der Waals surface area contributed by atoms with Crippen LogP contribution in [0, 0.1) is 5.92 Å². The molecule has 1 aliphatic heterocycles. The second-order valence-electron chi connectivity index (χ2n) is 5.23. The van der Waals surface area contributed by atoms with Crippen LogP contribution >= 0.6 is 0 Å². The van der Waals surface area contributed by atoms with Crippen molar-refractivity contribution in [2.75, 3.05) is 25.5 Å². The Balaban J connectivity index is 1.75. The first-order valence-electron chi connectivity index (χ1n) is 6.48. The summed E-state index contributed by atoms with van der Waals surface area (Å²) in [5, 5.41) is 7.71. The summed E-state index contributed by atoms with van der Waals surface area (Å²) in [6, 6.07) is 4.42. The van der Waals surface area contributed by atoms with Crippen molar-refractivity contribution in [2.45, 2.75) is 19.4 Å². The first-order chi connectivity index (χ1) is 8.72. The first-order valence-corrected chi connectivity index (χ1v) is 6.48. The van der Waals surface area contributed by atoms with Crippen LogP contribution < -0.4 is 5.32 Å². The van der Waals surface area contributed by atoms with Gasteiger partial charge in [0.2, 0.25) is 0 Å². The van der Waals surface area contributed by atoms with Gasteiger partial charge >= 0.3 is 0 Å². The molecule has 0 amide bonds. The summed E-state index contributed by atoms with van der Waals surface area (Å²) in [5.41, 5.74) is 0.889. The Kier molecular flexibility index (Phi) is 2.91. The molecule has 96 valence electrons. The zero-order valence-corrected chi connectivity index (χ0v) is 10.9. The van der Waals surface area contributed by atoms with Crippen LogP contribution in [0.15, 0.2) is 24.5 Å². The van der Waals surface area contributed by atoms with Crippen LogP contribution in [0.3, 0.4) is 0 Å². The molecule has 2 unspecified atom stereocenters. The Morgan fingerprint density at radius 3 is 3.11 bits per heavy atom. The zero-order valence-electron chi connectivity index (χ0n) is 10.9. The van der Waals surface area contributed by atoms with Gasteiger partial charge in [0.1, 0.15) is 5.82 Å². The van der Waals surface area contributed by atoms with E-state index in [4.69, 9.17) is 0 Å². The summed E-state index contributed by atoms with van der Waals surface area (Å²) in [5.74, 6) is 1.59. The van der Waals surface area contributed by atoms with Gasteiger partial charge in [-0.25, -0.2) is 9.50 Å². The van der Waals surface area contributed by atoms with Crippen LogP contribution in [0.4, 0.5) is 5.82 Å². The van der Waals surface area contributed by atoms with E-state index in [1.54, 1.807) is 10.7 Å². The summed E-state index contributed by atoms with van der Waals surface area (Å²) in [7, 11) is 2.18. The van der Waals surface area contributed by atoms with Crippen molar-refractivity contribution >= 4 is 11.5 Å². The number of nitrogens with zero attached hydrogens (tertiary/aromatic N) is 4. The van der Waals surface area contributed by atoms with Gasteiger partial charge in [-0.05, 0) is 32.0 Å². The lowest BCUT2D eigenvalue weighted by molar-refractivity contribution is 0.206. The lowest BCUT2D eigenvalue weighted by Crippen LogP contribution is -2.43. The molecular weight excluding hydrogens is 226 g/mol.